The average Bonchev–Trinajstić information content (AvgIpc) is 2.14. The van der Waals surface area contributed by atoms with Gasteiger partial charge in [-0.25, -0.2) is 0 Å². The van der Waals surface area contributed by atoms with E-state index in [1.54, 1.807) is 0 Å². The molecule has 0 fully saturated rings. The fourth-order valence-corrected chi connectivity index (χ4v) is 1.13. The molecule has 1 atom stereocenters. The van der Waals surface area contributed by atoms with Gasteiger partial charge >= 0.3 is 0 Å². The van der Waals surface area contributed by atoms with Crippen LogP contribution in [0.3, 0.4) is 0 Å². The minimum absolute atomic E-state index is 0.431. The molecule has 1 rings (SSSR count). The summed E-state index contributed by atoms with van der Waals surface area (Å²) in [4.78, 5) is 0. The molecule has 1 aromatic carbocycles. The normalized spacial score (nSPS) is 13.5. The molecule has 1 aromatic rings. The molecule has 70 valence electrons. The number of hydrogen-bond donors (Lipinski definition) is 1. The highest BCUT2D eigenvalue weighted by molar-refractivity contribution is 5.50. The molecule has 0 radical (unpaired) electrons. The molecule has 0 aliphatic rings. The zero-order valence-electron chi connectivity index (χ0n) is 8.54. The summed E-state index contributed by atoms with van der Waals surface area (Å²) in [7, 11) is 1.96. The zero-order chi connectivity index (χ0) is 9.68. The van der Waals surface area contributed by atoms with Crippen LogP contribution in [-0.2, 0) is 0 Å². The van der Waals surface area contributed by atoms with Gasteiger partial charge in [0.15, 0.2) is 0 Å². The number of nitrogens with one attached hydrogen (secondary N) is 1. The minimum Gasteiger partial charge on any atom is -0.314 e. The molecule has 1 heteroatoms. The summed E-state index contributed by atoms with van der Waals surface area (Å²) in [6.45, 7) is 4.24. The van der Waals surface area contributed by atoms with Crippen LogP contribution in [0.1, 0.15) is 18.1 Å². The molecule has 0 amide bonds. The summed E-state index contributed by atoms with van der Waals surface area (Å²) in [5, 5.41) is 3.16. The van der Waals surface area contributed by atoms with E-state index in [4.69, 9.17) is 0 Å². The van der Waals surface area contributed by atoms with Crippen molar-refractivity contribution in [1.29, 1.82) is 0 Å². The lowest BCUT2D eigenvalue weighted by Crippen LogP contribution is -2.17. The first-order valence-electron chi connectivity index (χ1n) is 4.64. The fraction of sp³-hybridized carbons (Fsp3) is 0.333. The third-order valence-electron chi connectivity index (χ3n) is 2.07. The minimum atomic E-state index is 0.431. The predicted molar refractivity (Wildman–Crippen MR) is 58.7 cm³/mol. The molecule has 0 saturated carbocycles. The largest absolute Gasteiger partial charge is 0.314 e. The number of benzene rings is 1. The van der Waals surface area contributed by atoms with Gasteiger partial charge in [0.25, 0.3) is 0 Å². The highest BCUT2D eigenvalue weighted by Crippen LogP contribution is 2.06. The Kier molecular flexibility index (Phi) is 3.71. The first-order chi connectivity index (χ1) is 6.22. The Morgan fingerprint density at radius 2 is 2.15 bits per heavy atom. The molecule has 0 heterocycles. The summed E-state index contributed by atoms with van der Waals surface area (Å²) >= 11 is 0. The number of aryl methyl sites for hydroxylation is 1. The summed E-state index contributed by atoms with van der Waals surface area (Å²) in [6, 6.07) is 8.92. The highest BCUT2D eigenvalue weighted by Gasteiger charge is 1.90. The molecule has 13 heavy (non-hydrogen) atoms. The Morgan fingerprint density at radius 1 is 1.38 bits per heavy atom. The first kappa shape index (κ1) is 10.0. The third-order valence-corrected chi connectivity index (χ3v) is 2.07. The molecule has 0 saturated heterocycles. The summed E-state index contributed by atoms with van der Waals surface area (Å²) in [5.74, 6) is 0. The van der Waals surface area contributed by atoms with E-state index in [1.807, 2.05) is 7.05 Å². The van der Waals surface area contributed by atoms with Gasteiger partial charge < -0.3 is 5.32 Å². The molecule has 1 nitrogen and oxygen atoms in total. The number of likely N-dealkylation sites (N-methyl/N-ethyl adjacent to an activating group) is 1. The smallest absolute Gasteiger partial charge is 0.0221 e. The summed E-state index contributed by atoms with van der Waals surface area (Å²) in [5.41, 5.74) is 2.57. The molecule has 1 N–H and O–H groups in total. The highest BCUT2D eigenvalue weighted by atomic mass is 14.8. The fourth-order valence-electron chi connectivity index (χ4n) is 1.13. The Hall–Kier alpha value is -1.08. The first-order valence-corrected chi connectivity index (χ1v) is 4.64. The van der Waals surface area contributed by atoms with Gasteiger partial charge in [0.1, 0.15) is 0 Å². The van der Waals surface area contributed by atoms with Crippen LogP contribution in [-0.4, -0.2) is 13.1 Å². The van der Waals surface area contributed by atoms with Crippen LogP contribution in [0, 0.1) is 6.92 Å². The Balaban J connectivity index is 2.68. The lowest BCUT2D eigenvalue weighted by molar-refractivity contribution is 0.731. The van der Waals surface area contributed by atoms with E-state index in [0.717, 1.165) is 0 Å². The Morgan fingerprint density at radius 3 is 2.77 bits per heavy atom. The maximum atomic E-state index is 3.16. The van der Waals surface area contributed by atoms with Crippen LogP contribution in [0.5, 0.6) is 0 Å². The molecule has 0 aromatic heterocycles. The SMILES string of the molecule is CNC(C)C=Cc1cccc(C)c1. The maximum Gasteiger partial charge on any atom is 0.0221 e. The van der Waals surface area contributed by atoms with Crippen molar-refractivity contribution in [3.63, 3.8) is 0 Å². The quantitative estimate of drug-likeness (QED) is 0.744. The van der Waals surface area contributed by atoms with Gasteiger partial charge in [-0.3, -0.25) is 0 Å². The van der Waals surface area contributed by atoms with Crippen LogP contribution >= 0.6 is 0 Å². The van der Waals surface area contributed by atoms with Crippen molar-refractivity contribution in [2.45, 2.75) is 19.9 Å². The molecule has 0 bridgehead atoms. The van der Waals surface area contributed by atoms with Gasteiger partial charge in [0.2, 0.25) is 0 Å². The van der Waals surface area contributed by atoms with Crippen molar-refractivity contribution in [2.75, 3.05) is 7.05 Å². The van der Waals surface area contributed by atoms with Crippen LogP contribution < -0.4 is 5.32 Å². The van der Waals surface area contributed by atoms with Crippen LogP contribution in [0.25, 0.3) is 6.08 Å². The lowest BCUT2D eigenvalue weighted by Gasteiger charge is -2.02. The predicted octanol–water partition coefficient (Wildman–Crippen LogP) is 2.62. The van der Waals surface area contributed by atoms with Gasteiger partial charge in [-0.2, -0.15) is 0 Å². The number of hydrogen-bond acceptors (Lipinski definition) is 1. The standard InChI is InChI=1S/C12H17N/c1-10-5-4-6-12(9-10)8-7-11(2)13-3/h4-9,11,13H,1-3H3. The van der Waals surface area contributed by atoms with Crippen molar-refractivity contribution in [3.8, 4) is 0 Å². The van der Waals surface area contributed by atoms with E-state index < -0.39 is 0 Å². The summed E-state index contributed by atoms with van der Waals surface area (Å²) < 4.78 is 0. The maximum absolute atomic E-state index is 3.16. The van der Waals surface area contributed by atoms with Crippen molar-refractivity contribution in [2.24, 2.45) is 0 Å². The second-order valence-corrected chi connectivity index (χ2v) is 3.35. The van der Waals surface area contributed by atoms with Crippen molar-refractivity contribution in [3.05, 3.63) is 41.5 Å². The van der Waals surface area contributed by atoms with Crippen molar-refractivity contribution >= 4 is 6.08 Å². The van der Waals surface area contributed by atoms with E-state index in [2.05, 4.69) is 55.6 Å². The molecule has 0 spiro atoms. The number of rotatable bonds is 3. The lowest BCUT2D eigenvalue weighted by atomic mass is 10.1. The van der Waals surface area contributed by atoms with Gasteiger partial charge in [-0.1, -0.05) is 42.0 Å². The van der Waals surface area contributed by atoms with Crippen LogP contribution in [0.15, 0.2) is 30.3 Å². The third kappa shape index (κ3) is 3.43. The van der Waals surface area contributed by atoms with E-state index in [-0.39, 0.29) is 0 Å². The molecule has 0 aliphatic carbocycles. The van der Waals surface area contributed by atoms with Crippen molar-refractivity contribution < 1.29 is 0 Å². The molecule has 0 aliphatic heterocycles. The Labute approximate surface area is 80.5 Å². The molecular formula is C12H17N. The van der Waals surface area contributed by atoms with Gasteiger partial charge in [-0.05, 0) is 26.5 Å². The zero-order valence-corrected chi connectivity index (χ0v) is 8.54. The van der Waals surface area contributed by atoms with E-state index in [0.29, 0.717) is 6.04 Å². The second-order valence-electron chi connectivity index (χ2n) is 3.35. The summed E-state index contributed by atoms with van der Waals surface area (Å²) in [6.07, 6.45) is 4.31. The second kappa shape index (κ2) is 4.83. The van der Waals surface area contributed by atoms with Gasteiger partial charge in [-0.15, -0.1) is 0 Å². The van der Waals surface area contributed by atoms with Crippen LogP contribution in [0.2, 0.25) is 0 Å². The van der Waals surface area contributed by atoms with E-state index in [9.17, 15) is 0 Å². The van der Waals surface area contributed by atoms with E-state index in [1.165, 1.54) is 11.1 Å². The van der Waals surface area contributed by atoms with Crippen LogP contribution in [0.4, 0.5) is 0 Å². The topological polar surface area (TPSA) is 12.0 Å². The Bertz CT molecular complexity index is 289. The van der Waals surface area contributed by atoms with Gasteiger partial charge in [0, 0.05) is 6.04 Å². The molecular weight excluding hydrogens is 158 g/mol. The monoisotopic (exact) mass is 175 g/mol. The van der Waals surface area contributed by atoms with E-state index >= 15 is 0 Å². The molecule has 1 unspecified atom stereocenters. The van der Waals surface area contributed by atoms with Crippen molar-refractivity contribution in [1.82, 2.24) is 5.32 Å². The average molecular weight is 175 g/mol. The van der Waals surface area contributed by atoms with Gasteiger partial charge in [0.05, 0.1) is 0 Å².